The van der Waals surface area contributed by atoms with Crippen molar-refractivity contribution in [2.24, 2.45) is 0 Å². The fourth-order valence-electron chi connectivity index (χ4n) is 2.66. The van der Waals surface area contributed by atoms with Gasteiger partial charge in [-0.1, -0.05) is 6.42 Å². The maximum atomic E-state index is 11.8. The van der Waals surface area contributed by atoms with E-state index in [2.05, 4.69) is 10.6 Å². The number of hydrogen-bond acceptors (Lipinski definition) is 4. The summed E-state index contributed by atoms with van der Waals surface area (Å²) < 4.78 is 11.1. The quantitative estimate of drug-likeness (QED) is 0.787. The Morgan fingerprint density at radius 1 is 1.42 bits per heavy atom. The van der Waals surface area contributed by atoms with E-state index in [0.717, 1.165) is 13.0 Å². The van der Waals surface area contributed by atoms with Gasteiger partial charge in [-0.15, -0.1) is 0 Å². The molecule has 2 aliphatic heterocycles. The molecular weight excluding hydrogens is 244 g/mol. The molecule has 2 unspecified atom stereocenters. The minimum absolute atomic E-state index is 0.0215. The molecule has 0 spiro atoms. The summed E-state index contributed by atoms with van der Waals surface area (Å²) in [5.74, 6) is -0.401. The normalized spacial score (nSPS) is 30.2. The number of piperidine rings is 1. The Morgan fingerprint density at radius 2 is 2.26 bits per heavy atom. The van der Waals surface area contributed by atoms with Gasteiger partial charge in [0.2, 0.25) is 5.91 Å². The molecule has 2 atom stereocenters. The third-order valence-electron chi connectivity index (χ3n) is 3.73. The van der Waals surface area contributed by atoms with Crippen molar-refractivity contribution in [3.63, 3.8) is 0 Å². The van der Waals surface area contributed by atoms with Gasteiger partial charge in [-0.2, -0.15) is 0 Å². The van der Waals surface area contributed by atoms with E-state index in [1.807, 2.05) is 13.8 Å². The maximum Gasteiger partial charge on any atom is 0.220 e. The van der Waals surface area contributed by atoms with E-state index in [1.165, 1.54) is 19.3 Å². The summed E-state index contributed by atoms with van der Waals surface area (Å²) in [7, 11) is 0. The molecule has 0 aromatic rings. The molecular formula is C14H26N2O3. The molecule has 2 N–H and O–H groups in total. The van der Waals surface area contributed by atoms with Crippen molar-refractivity contribution in [3.05, 3.63) is 0 Å². The van der Waals surface area contributed by atoms with Crippen LogP contribution in [0.3, 0.4) is 0 Å². The van der Waals surface area contributed by atoms with Crippen LogP contribution in [0.4, 0.5) is 0 Å². The van der Waals surface area contributed by atoms with Crippen LogP contribution < -0.4 is 10.6 Å². The summed E-state index contributed by atoms with van der Waals surface area (Å²) in [6.45, 7) is 5.97. The molecule has 19 heavy (non-hydrogen) atoms. The van der Waals surface area contributed by atoms with E-state index in [4.69, 9.17) is 9.47 Å². The van der Waals surface area contributed by atoms with Crippen molar-refractivity contribution < 1.29 is 14.3 Å². The van der Waals surface area contributed by atoms with Crippen molar-refractivity contribution in [2.45, 2.75) is 63.9 Å². The molecule has 2 aliphatic rings. The van der Waals surface area contributed by atoms with Crippen LogP contribution in [-0.4, -0.2) is 43.5 Å². The second-order valence-electron chi connectivity index (χ2n) is 5.94. The number of carbonyl (C=O) groups excluding carboxylic acids is 1. The zero-order valence-electron chi connectivity index (χ0n) is 12.0. The zero-order chi connectivity index (χ0) is 13.7. The van der Waals surface area contributed by atoms with Gasteiger partial charge in [0.25, 0.3) is 0 Å². The molecule has 2 heterocycles. The molecule has 0 aliphatic carbocycles. The van der Waals surface area contributed by atoms with Gasteiger partial charge in [0, 0.05) is 19.0 Å². The van der Waals surface area contributed by atoms with E-state index < -0.39 is 5.79 Å². The summed E-state index contributed by atoms with van der Waals surface area (Å²) >= 11 is 0. The molecule has 0 bridgehead atoms. The first-order valence-electron chi connectivity index (χ1n) is 7.37. The fraction of sp³-hybridized carbons (Fsp3) is 0.929. The van der Waals surface area contributed by atoms with Crippen LogP contribution in [0.2, 0.25) is 0 Å². The van der Waals surface area contributed by atoms with Crippen molar-refractivity contribution in [2.75, 3.05) is 19.7 Å². The van der Waals surface area contributed by atoms with Crippen molar-refractivity contribution in [1.82, 2.24) is 10.6 Å². The van der Waals surface area contributed by atoms with Crippen LogP contribution in [0, 0.1) is 0 Å². The van der Waals surface area contributed by atoms with Crippen molar-refractivity contribution >= 4 is 5.91 Å². The van der Waals surface area contributed by atoms with Crippen molar-refractivity contribution in [3.8, 4) is 0 Å². The molecule has 0 aromatic heterocycles. The first kappa shape index (κ1) is 14.8. The second kappa shape index (κ2) is 6.68. The third-order valence-corrected chi connectivity index (χ3v) is 3.73. The Balaban J connectivity index is 1.57. The van der Waals surface area contributed by atoms with E-state index in [1.54, 1.807) is 0 Å². The minimum Gasteiger partial charge on any atom is -0.353 e. The largest absolute Gasteiger partial charge is 0.353 e. The molecule has 5 heteroatoms. The van der Waals surface area contributed by atoms with Gasteiger partial charge in [-0.25, -0.2) is 0 Å². The van der Waals surface area contributed by atoms with Crippen molar-refractivity contribution in [1.29, 1.82) is 0 Å². The number of rotatable bonds is 5. The number of amides is 1. The lowest BCUT2D eigenvalue weighted by Gasteiger charge is -2.23. The standard InChI is InChI=1S/C14H26N2O3/c1-14(2)18-10-12(19-14)9-16-13(17)7-6-11-5-3-4-8-15-11/h11-12,15H,3-10H2,1-2H3,(H,16,17). The van der Waals surface area contributed by atoms with Gasteiger partial charge in [-0.05, 0) is 39.7 Å². The number of carbonyl (C=O) groups is 1. The summed E-state index contributed by atoms with van der Waals surface area (Å²) in [6, 6.07) is 0.518. The molecule has 2 rings (SSSR count). The Bertz CT molecular complexity index is 301. The second-order valence-corrected chi connectivity index (χ2v) is 5.94. The summed E-state index contributed by atoms with van der Waals surface area (Å²) in [4.78, 5) is 11.8. The smallest absolute Gasteiger partial charge is 0.220 e. The molecule has 110 valence electrons. The van der Waals surface area contributed by atoms with Crippen LogP contribution in [0.15, 0.2) is 0 Å². The van der Waals surface area contributed by atoms with Gasteiger partial charge in [0.1, 0.15) is 6.10 Å². The number of nitrogens with one attached hydrogen (secondary N) is 2. The lowest BCUT2D eigenvalue weighted by atomic mass is 10.0. The van der Waals surface area contributed by atoms with Crippen LogP contribution >= 0.6 is 0 Å². The SMILES string of the molecule is CC1(C)OCC(CNC(=O)CCC2CCCCN2)O1. The summed E-state index contributed by atoms with van der Waals surface area (Å²) in [6.07, 6.45) is 5.24. The Labute approximate surface area is 115 Å². The maximum absolute atomic E-state index is 11.8. The van der Waals surface area contributed by atoms with E-state index in [-0.39, 0.29) is 12.0 Å². The molecule has 0 radical (unpaired) electrons. The lowest BCUT2D eigenvalue weighted by Crippen LogP contribution is -2.37. The Kier molecular flexibility index (Phi) is 5.19. The highest BCUT2D eigenvalue weighted by Gasteiger charge is 2.32. The number of hydrogen-bond donors (Lipinski definition) is 2. The van der Waals surface area contributed by atoms with Gasteiger partial charge >= 0.3 is 0 Å². The predicted octanol–water partition coefficient (Wildman–Crippen LogP) is 1.18. The monoisotopic (exact) mass is 270 g/mol. The molecule has 5 nitrogen and oxygen atoms in total. The van der Waals surface area contributed by atoms with Gasteiger partial charge in [-0.3, -0.25) is 4.79 Å². The summed E-state index contributed by atoms with van der Waals surface area (Å²) in [5, 5.41) is 6.39. The average Bonchev–Trinajstić information content (AvgIpc) is 2.75. The lowest BCUT2D eigenvalue weighted by molar-refractivity contribution is -0.139. The highest BCUT2D eigenvalue weighted by Crippen LogP contribution is 2.21. The third kappa shape index (κ3) is 5.09. The summed E-state index contributed by atoms with van der Waals surface area (Å²) in [5.41, 5.74) is 0. The molecule has 1 amide bonds. The Hall–Kier alpha value is -0.650. The van der Waals surface area contributed by atoms with E-state index in [0.29, 0.717) is 25.6 Å². The minimum atomic E-state index is -0.512. The highest BCUT2D eigenvalue weighted by atomic mass is 16.7. The van der Waals surface area contributed by atoms with Crippen LogP contribution in [0.25, 0.3) is 0 Å². The van der Waals surface area contributed by atoms with Gasteiger partial charge in [0.15, 0.2) is 5.79 Å². The predicted molar refractivity (Wildman–Crippen MR) is 72.8 cm³/mol. The van der Waals surface area contributed by atoms with E-state index in [9.17, 15) is 4.79 Å². The van der Waals surface area contributed by atoms with Gasteiger partial charge < -0.3 is 20.1 Å². The molecule has 2 fully saturated rings. The van der Waals surface area contributed by atoms with Crippen LogP contribution in [-0.2, 0) is 14.3 Å². The zero-order valence-corrected chi connectivity index (χ0v) is 12.0. The molecule has 0 saturated carbocycles. The first-order chi connectivity index (χ1) is 9.05. The number of ether oxygens (including phenoxy) is 2. The first-order valence-corrected chi connectivity index (χ1v) is 7.37. The topological polar surface area (TPSA) is 59.6 Å². The van der Waals surface area contributed by atoms with E-state index >= 15 is 0 Å². The fourth-order valence-corrected chi connectivity index (χ4v) is 2.66. The average molecular weight is 270 g/mol. The van der Waals surface area contributed by atoms with Crippen LogP contribution in [0.1, 0.15) is 46.0 Å². The van der Waals surface area contributed by atoms with Gasteiger partial charge in [0.05, 0.1) is 6.61 Å². The molecule has 2 saturated heterocycles. The highest BCUT2D eigenvalue weighted by molar-refractivity contribution is 5.75. The molecule has 0 aromatic carbocycles. The Morgan fingerprint density at radius 3 is 2.89 bits per heavy atom. The van der Waals surface area contributed by atoms with Crippen LogP contribution in [0.5, 0.6) is 0 Å².